The summed E-state index contributed by atoms with van der Waals surface area (Å²) < 4.78 is 22.6. The lowest BCUT2D eigenvalue weighted by molar-refractivity contribution is -0.0105. The van der Waals surface area contributed by atoms with Crippen molar-refractivity contribution in [1.29, 1.82) is 5.26 Å². The van der Waals surface area contributed by atoms with Gasteiger partial charge < -0.3 is 29.2 Å². The zero-order valence-corrected chi connectivity index (χ0v) is 18.9. The normalized spacial score (nSPS) is 21.1. The summed E-state index contributed by atoms with van der Waals surface area (Å²) in [6.45, 7) is 4.01. The van der Waals surface area contributed by atoms with Gasteiger partial charge in [-0.15, -0.1) is 0 Å². The maximum Gasteiger partial charge on any atom is 0.255 e. The number of nitriles is 1. The summed E-state index contributed by atoms with van der Waals surface area (Å²) in [4.78, 5) is 15.3. The number of hydrogen-bond acceptors (Lipinski definition) is 7. The minimum atomic E-state index is -0.266. The second-order valence-electron chi connectivity index (χ2n) is 7.74. The first-order valence-electron chi connectivity index (χ1n) is 10.6. The van der Waals surface area contributed by atoms with Gasteiger partial charge in [0, 0.05) is 39.0 Å². The van der Waals surface area contributed by atoms with Gasteiger partial charge in [-0.25, -0.2) is 0 Å². The van der Waals surface area contributed by atoms with Crippen molar-refractivity contribution in [2.45, 2.75) is 31.8 Å². The van der Waals surface area contributed by atoms with Gasteiger partial charge in [-0.1, -0.05) is 11.6 Å². The number of rotatable bonds is 8. The molecule has 0 bridgehead atoms. The van der Waals surface area contributed by atoms with Crippen LogP contribution in [0.25, 0.3) is 0 Å². The van der Waals surface area contributed by atoms with Crippen LogP contribution in [-0.4, -0.2) is 70.5 Å². The average molecular weight is 452 g/mol. The van der Waals surface area contributed by atoms with Gasteiger partial charge in [0.25, 0.3) is 5.91 Å². The topological polar surface area (TPSA) is 93.1 Å². The number of nitrogens with zero attached hydrogens (tertiary/aromatic N) is 2. The Morgan fingerprint density at radius 3 is 2.84 bits per heavy atom. The third-order valence-corrected chi connectivity index (χ3v) is 6.03. The Morgan fingerprint density at radius 2 is 2.13 bits per heavy atom. The number of methoxy groups -OCH3 is 2. The zero-order valence-electron chi connectivity index (χ0n) is 18.1. The highest BCUT2D eigenvalue weighted by Crippen LogP contribution is 2.46. The highest BCUT2D eigenvalue weighted by molar-refractivity contribution is 6.33. The van der Waals surface area contributed by atoms with E-state index in [1.807, 2.05) is 0 Å². The van der Waals surface area contributed by atoms with Crippen LogP contribution in [0.4, 0.5) is 0 Å². The van der Waals surface area contributed by atoms with Gasteiger partial charge >= 0.3 is 0 Å². The fourth-order valence-corrected chi connectivity index (χ4v) is 4.34. The molecule has 2 heterocycles. The van der Waals surface area contributed by atoms with Crippen LogP contribution in [0.5, 0.6) is 17.2 Å². The molecule has 0 saturated carbocycles. The molecule has 1 unspecified atom stereocenters. The van der Waals surface area contributed by atoms with E-state index in [4.69, 9.17) is 35.8 Å². The summed E-state index contributed by atoms with van der Waals surface area (Å²) in [6.07, 6.45) is 3.06. The van der Waals surface area contributed by atoms with Gasteiger partial charge in [0.05, 0.1) is 43.1 Å². The fraction of sp³-hybridized carbons (Fsp3) is 0.636. The van der Waals surface area contributed by atoms with Gasteiger partial charge in [-0.2, -0.15) is 5.26 Å². The number of fused-ring (bicyclic) bond motifs is 1. The number of piperidine rings is 1. The van der Waals surface area contributed by atoms with E-state index < -0.39 is 0 Å². The summed E-state index contributed by atoms with van der Waals surface area (Å²) in [6, 6.07) is 3.75. The summed E-state index contributed by atoms with van der Waals surface area (Å²) in [7, 11) is 3.21. The summed E-state index contributed by atoms with van der Waals surface area (Å²) in [5.74, 6) is 1.05. The Bertz CT molecular complexity index is 813. The minimum absolute atomic E-state index is 0.0206. The van der Waals surface area contributed by atoms with Crippen LogP contribution in [0.2, 0.25) is 5.02 Å². The monoisotopic (exact) mass is 451 g/mol. The Hall–Kier alpha value is -2.21. The van der Waals surface area contributed by atoms with Crippen molar-refractivity contribution in [2.75, 3.05) is 53.6 Å². The van der Waals surface area contributed by atoms with Crippen LogP contribution in [-0.2, 0) is 4.74 Å². The first-order valence-corrected chi connectivity index (χ1v) is 11.0. The van der Waals surface area contributed by atoms with E-state index >= 15 is 0 Å². The molecule has 3 rings (SSSR count). The van der Waals surface area contributed by atoms with Crippen molar-refractivity contribution in [3.63, 3.8) is 0 Å². The van der Waals surface area contributed by atoms with Gasteiger partial charge in [-0.3, -0.25) is 4.79 Å². The van der Waals surface area contributed by atoms with Crippen LogP contribution < -0.4 is 19.5 Å². The van der Waals surface area contributed by atoms with Crippen molar-refractivity contribution in [3.05, 3.63) is 16.7 Å². The van der Waals surface area contributed by atoms with E-state index in [1.165, 1.54) is 7.11 Å². The highest BCUT2D eigenvalue weighted by Gasteiger charge is 2.31. The van der Waals surface area contributed by atoms with Crippen LogP contribution in [0.15, 0.2) is 6.07 Å². The molecule has 1 fully saturated rings. The minimum Gasteiger partial charge on any atom is -0.491 e. The average Bonchev–Trinajstić information content (AvgIpc) is 3.03. The molecule has 1 aromatic rings. The predicted octanol–water partition coefficient (Wildman–Crippen LogP) is 2.88. The number of unbranched alkanes of at least 4 members (excludes halogenated alkanes) is 1. The lowest BCUT2D eigenvalue weighted by Gasteiger charge is -2.37. The summed E-state index contributed by atoms with van der Waals surface area (Å²) >= 11 is 6.34. The van der Waals surface area contributed by atoms with Gasteiger partial charge in [0.1, 0.15) is 0 Å². The number of ether oxygens (including phenoxy) is 4. The fourth-order valence-electron chi connectivity index (χ4n) is 4.07. The molecule has 8 nitrogen and oxygen atoms in total. The van der Waals surface area contributed by atoms with E-state index in [0.717, 1.165) is 32.5 Å². The summed E-state index contributed by atoms with van der Waals surface area (Å²) in [5.41, 5.74) is 0.339. The maximum atomic E-state index is 13.0. The van der Waals surface area contributed by atoms with Crippen molar-refractivity contribution in [2.24, 2.45) is 5.92 Å². The maximum absolute atomic E-state index is 13.0. The number of carbonyl (C=O) groups is 1. The Morgan fingerprint density at radius 1 is 1.35 bits per heavy atom. The molecule has 9 heteroatoms. The molecule has 0 aromatic heterocycles. The molecule has 170 valence electrons. The van der Waals surface area contributed by atoms with E-state index in [-0.39, 0.29) is 17.9 Å². The molecule has 2 atom stereocenters. The third-order valence-electron chi connectivity index (χ3n) is 5.75. The first-order chi connectivity index (χ1) is 15.1. The highest BCUT2D eigenvalue weighted by atomic mass is 35.5. The van der Waals surface area contributed by atoms with E-state index in [2.05, 4.69) is 16.3 Å². The van der Waals surface area contributed by atoms with E-state index in [1.54, 1.807) is 13.2 Å². The van der Waals surface area contributed by atoms with Crippen LogP contribution >= 0.6 is 11.6 Å². The number of carbonyl (C=O) groups excluding carboxylic acids is 1. The molecule has 1 N–H and O–H groups in total. The number of likely N-dealkylation sites (tertiary alicyclic amines) is 1. The standard InChI is InChI=1S/C22H30ClN3O5/c1-28-18-14-26(8-4-3-7-24)9-6-15(18)13-25-22(27)16-12-17(23)20(29-2)21-19(16)30-10-5-11-31-21/h12,15,18H,3-6,8-11,13-14H2,1-2H3,(H,25,27)/t15-,18?/m0/s1. The molecule has 2 aliphatic rings. The van der Waals surface area contributed by atoms with Gasteiger partial charge in [0.2, 0.25) is 5.75 Å². The van der Waals surface area contributed by atoms with Crippen molar-refractivity contribution >= 4 is 17.5 Å². The lowest BCUT2D eigenvalue weighted by Crippen LogP contribution is -2.48. The molecule has 31 heavy (non-hydrogen) atoms. The van der Waals surface area contributed by atoms with Gasteiger partial charge in [-0.05, 0) is 32.0 Å². The van der Waals surface area contributed by atoms with E-state index in [0.29, 0.717) is 60.4 Å². The second-order valence-corrected chi connectivity index (χ2v) is 8.15. The Kier molecular flexibility index (Phi) is 8.64. The largest absolute Gasteiger partial charge is 0.491 e. The summed E-state index contributed by atoms with van der Waals surface area (Å²) in [5, 5.41) is 12.0. The lowest BCUT2D eigenvalue weighted by atomic mass is 9.93. The van der Waals surface area contributed by atoms with E-state index in [9.17, 15) is 4.79 Å². The third kappa shape index (κ3) is 5.73. The second kappa shape index (κ2) is 11.4. The first kappa shape index (κ1) is 23.5. The van der Waals surface area contributed by atoms with Crippen LogP contribution in [0.3, 0.4) is 0 Å². The molecule has 1 amide bonds. The smallest absolute Gasteiger partial charge is 0.255 e. The molecule has 1 aromatic carbocycles. The Labute approximate surface area is 188 Å². The predicted molar refractivity (Wildman–Crippen MR) is 116 cm³/mol. The van der Waals surface area contributed by atoms with Crippen molar-refractivity contribution < 1.29 is 23.7 Å². The molecule has 0 radical (unpaired) electrons. The van der Waals surface area contributed by atoms with Crippen molar-refractivity contribution in [1.82, 2.24) is 10.2 Å². The number of nitrogens with one attached hydrogen (secondary N) is 1. The SMILES string of the molecule is COc1c(Cl)cc(C(=O)NC[C@@H]2CCN(CCCC#N)CC2OC)c2c1OCCCO2. The molecule has 0 aliphatic carbocycles. The molecule has 0 spiro atoms. The number of amides is 1. The molecule has 1 saturated heterocycles. The number of halogens is 1. The van der Waals surface area contributed by atoms with Crippen LogP contribution in [0.1, 0.15) is 36.0 Å². The zero-order chi connectivity index (χ0) is 22.2. The Balaban J connectivity index is 1.66. The quantitative estimate of drug-likeness (QED) is 0.607. The molecular weight excluding hydrogens is 422 g/mol. The number of hydrogen-bond donors (Lipinski definition) is 1. The molecular formula is C22H30ClN3O5. The van der Waals surface area contributed by atoms with Gasteiger partial charge in [0.15, 0.2) is 11.5 Å². The molecule has 2 aliphatic heterocycles. The number of benzene rings is 1. The van der Waals surface area contributed by atoms with Crippen molar-refractivity contribution in [3.8, 4) is 23.3 Å². The van der Waals surface area contributed by atoms with Crippen LogP contribution in [0, 0.1) is 17.2 Å².